The maximum absolute atomic E-state index is 12.7. The average Bonchev–Trinajstić information content (AvgIpc) is 3.41. The summed E-state index contributed by atoms with van der Waals surface area (Å²) in [5, 5.41) is 16.3. The molecule has 1 aliphatic rings. The van der Waals surface area contributed by atoms with Crippen molar-refractivity contribution in [3.8, 4) is 11.5 Å². The number of methoxy groups -OCH3 is 1. The molecule has 0 aliphatic carbocycles. The van der Waals surface area contributed by atoms with Crippen LogP contribution in [0.4, 0.5) is 5.69 Å². The molecule has 1 fully saturated rings. The highest BCUT2D eigenvalue weighted by molar-refractivity contribution is 7.07. The normalized spacial score (nSPS) is 16.6. The zero-order valence-corrected chi connectivity index (χ0v) is 18.1. The van der Waals surface area contributed by atoms with Crippen molar-refractivity contribution in [3.63, 3.8) is 0 Å². The molecule has 1 atom stereocenters. The number of ether oxygens (including phenoxy) is 2. The Hall–Kier alpha value is -2.72. The summed E-state index contributed by atoms with van der Waals surface area (Å²) in [7, 11) is 1.43. The number of hydrogen-bond donors (Lipinski definition) is 1. The lowest BCUT2D eigenvalue weighted by molar-refractivity contribution is -0.385. The molecule has 0 bridgehead atoms. The zero-order chi connectivity index (χ0) is 21.7. The number of nitro benzene ring substituents is 1. The van der Waals surface area contributed by atoms with E-state index in [1.807, 2.05) is 5.38 Å². The summed E-state index contributed by atoms with van der Waals surface area (Å²) in [6, 6.07) is 3.06. The summed E-state index contributed by atoms with van der Waals surface area (Å²) in [5.74, 6) is 0.289. The Morgan fingerprint density at radius 1 is 1.43 bits per heavy atom. The van der Waals surface area contributed by atoms with Crippen LogP contribution in [0.5, 0.6) is 11.5 Å². The minimum absolute atomic E-state index is 0.0448. The van der Waals surface area contributed by atoms with E-state index in [0.717, 1.165) is 19.5 Å². The van der Waals surface area contributed by atoms with Crippen molar-refractivity contribution in [2.75, 3.05) is 26.7 Å². The highest BCUT2D eigenvalue weighted by atomic mass is 32.1. The molecule has 0 spiro atoms. The fourth-order valence-electron chi connectivity index (χ4n) is 3.45. The Balaban J connectivity index is 1.72. The number of amides is 1. The minimum atomic E-state index is -0.583. The van der Waals surface area contributed by atoms with Gasteiger partial charge in [-0.2, -0.15) is 0 Å². The molecule has 9 nitrogen and oxygen atoms in total. The van der Waals surface area contributed by atoms with E-state index in [-0.39, 0.29) is 29.4 Å². The van der Waals surface area contributed by atoms with Gasteiger partial charge in [0.2, 0.25) is 0 Å². The van der Waals surface area contributed by atoms with Crippen molar-refractivity contribution in [1.29, 1.82) is 0 Å². The molecule has 162 valence electrons. The summed E-state index contributed by atoms with van der Waals surface area (Å²) in [6.07, 6.45) is 0.993. The van der Waals surface area contributed by atoms with E-state index < -0.39 is 10.8 Å². The van der Waals surface area contributed by atoms with Crippen molar-refractivity contribution in [1.82, 2.24) is 15.2 Å². The zero-order valence-electron chi connectivity index (χ0n) is 17.3. The van der Waals surface area contributed by atoms with Crippen molar-refractivity contribution in [3.05, 3.63) is 44.4 Å². The van der Waals surface area contributed by atoms with Gasteiger partial charge in [0.05, 0.1) is 29.3 Å². The molecule has 1 unspecified atom stereocenters. The molecule has 0 radical (unpaired) electrons. The second-order valence-electron chi connectivity index (χ2n) is 7.50. The lowest BCUT2D eigenvalue weighted by atomic mass is 10.1. The van der Waals surface area contributed by atoms with Crippen molar-refractivity contribution in [2.24, 2.45) is 5.92 Å². The Bertz CT molecular complexity index is 888. The average molecular weight is 435 g/mol. The number of likely N-dealkylation sites (tertiary alicyclic amines) is 1. The smallest absolute Gasteiger partial charge is 0.286 e. The molecule has 0 saturated carbocycles. The Morgan fingerprint density at radius 2 is 2.23 bits per heavy atom. The van der Waals surface area contributed by atoms with Crippen LogP contribution in [0.3, 0.4) is 0 Å². The Kier molecular flexibility index (Phi) is 7.22. The van der Waals surface area contributed by atoms with E-state index in [9.17, 15) is 14.9 Å². The molecule has 1 amide bonds. The molecule has 1 aromatic heterocycles. The predicted molar refractivity (Wildman–Crippen MR) is 113 cm³/mol. The largest absolute Gasteiger partial charge is 0.493 e. The van der Waals surface area contributed by atoms with Gasteiger partial charge in [-0.25, -0.2) is 4.98 Å². The van der Waals surface area contributed by atoms with Gasteiger partial charge in [0, 0.05) is 30.6 Å². The van der Waals surface area contributed by atoms with E-state index in [0.29, 0.717) is 24.2 Å². The minimum Gasteiger partial charge on any atom is -0.493 e. The third-order valence-electron chi connectivity index (χ3n) is 5.18. The number of hydrogen-bond acceptors (Lipinski definition) is 8. The summed E-state index contributed by atoms with van der Waals surface area (Å²) in [4.78, 5) is 30.2. The highest BCUT2D eigenvalue weighted by Crippen LogP contribution is 2.35. The second-order valence-corrected chi connectivity index (χ2v) is 8.22. The molecule has 3 rings (SSSR count). The first-order valence-electron chi connectivity index (χ1n) is 9.77. The van der Waals surface area contributed by atoms with Crippen LogP contribution in [0, 0.1) is 16.0 Å². The number of aromatic nitrogens is 1. The van der Waals surface area contributed by atoms with Crippen molar-refractivity contribution < 1.29 is 19.2 Å². The molecular weight excluding hydrogens is 408 g/mol. The maximum atomic E-state index is 12.7. The fourth-order valence-corrected chi connectivity index (χ4v) is 3.99. The number of nitrogens with zero attached hydrogens (tertiary/aromatic N) is 3. The third kappa shape index (κ3) is 5.25. The van der Waals surface area contributed by atoms with Crippen molar-refractivity contribution in [2.45, 2.75) is 32.9 Å². The van der Waals surface area contributed by atoms with E-state index in [1.165, 1.54) is 30.6 Å². The van der Waals surface area contributed by atoms with E-state index in [2.05, 4.69) is 29.0 Å². The monoisotopic (exact) mass is 434 g/mol. The lowest BCUT2D eigenvalue weighted by Crippen LogP contribution is -2.33. The van der Waals surface area contributed by atoms with Crippen LogP contribution >= 0.6 is 11.3 Å². The Morgan fingerprint density at radius 3 is 2.83 bits per heavy atom. The van der Waals surface area contributed by atoms with Gasteiger partial charge in [-0.1, -0.05) is 0 Å². The van der Waals surface area contributed by atoms with E-state index >= 15 is 0 Å². The lowest BCUT2D eigenvalue weighted by Gasteiger charge is -2.20. The molecule has 1 saturated heterocycles. The van der Waals surface area contributed by atoms with E-state index in [4.69, 9.17) is 9.47 Å². The van der Waals surface area contributed by atoms with Crippen LogP contribution < -0.4 is 14.8 Å². The number of nitrogens with one attached hydrogen (secondary N) is 1. The number of rotatable bonds is 9. The molecule has 1 aromatic carbocycles. The first kappa shape index (κ1) is 22.0. The van der Waals surface area contributed by atoms with Gasteiger partial charge < -0.3 is 19.7 Å². The van der Waals surface area contributed by atoms with Crippen LogP contribution in [0.25, 0.3) is 0 Å². The predicted octanol–water partition coefficient (Wildman–Crippen LogP) is 3.10. The van der Waals surface area contributed by atoms with Crippen LogP contribution in [-0.4, -0.2) is 53.5 Å². The molecule has 10 heteroatoms. The summed E-state index contributed by atoms with van der Waals surface area (Å²) in [6.45, 7) is 6.83. The quantitative estimate of drug-likeness (QED) is 0.477. The molecular formula is C20H26N4O5S. The molecule has 2 heterocycles. The van der Waals surface area contributed by atoms with Crippen LogP contribution in [0.2, 0.25) is 0 Å². The van der Waals surface area contributed by atoms with Gasteiger partial charge in [-0.3, -0.25) is 14.9 Å². The molecule has 1 aliphatic heterocycles. The SMILES string of the molecule is COc1cc(C(=O)NCC2CCN(C(C)C)C2)c([N+](=O)[O-])cc1OCc1cscn1. The highest BCUT2D eigenvalue weighted by Gasteiger charge is 2.28. The molecule has 1 N–H and O–H groups in total. The standard InChI is InChI=1S/C20H26N4O5S/c1-13(2)23-5-4-14(9-23)8-21-20(25)16-6-18(28-3)19(7-17(16)24(26)27)29-10-15-11-30-12-22-15/h6-7,11-14H,4-5,8-10H2,1-3H3,(H,21,25). The van der Waals surface area contributed by atoms with Gasteiger partial charge in [0.15, 0.2) is 11.5 Å². The first-order chi connectivity index (χ1) is 14.4. The molecule has 2 aromatic rings. The number of benzene rings is 1. The fraction of sp³-hybridized carbons (Fsp3) is 0.500. The number of thiazole rings is 1. The summed E-state index contributed by atoms with van der Waals surface area (Å²) >= 11 is 1.43. The van der Waals surface area contributed by atoms with Gasteiger partial charge in [-0.15, -0.1) is 11.3 Å². The maximum Gasteiger partial charge on any atom is 0.286 e. The second kappa shape index (κ2) is 9.86. The van der Waals surface area contributed by atoms with Gasteiger partial charge >= 0.3 is 0 Å². The van der Waals surface area contributed by atoms with Crippen LogP contribution in [0.1, 0.15) is 36.3 Å². The van der Waals surface area contributed by atoms with Gasteiger partial charge in [-0.05, 0) is 32.7 Å². The number of nitro groups is 1. The topological polar surface area (TPSA) is 107 Å². The third-order valence-corrected chi connectivity index (χ3v) is 5.82. The number of carbonyl (C=O) groups is 1. The first-order valence-corrected chi connectivity index (χ1v) is 10.7. The van der Waals surface area contributed by atoms with Crippen LogP contribution in [0.15, 0.2) is 23.0 Å². The Labute approximate surface area is 179 Å². The number of carbonyl (C=O) groups excluding carboxylic acids is 1. The van der Waals surface area contributed by atoms with Gasteiger partial charge in [0.25, 0.3) is 11.6 Å². The van der Waals surface area contributed by atoms with Gasteiger partial charge in [0.1, 0.15) is 12.2 Å². The molecule has 30 heavy (non-hydrogen) atoms. The van der Waals surface area contributed by atoms with Crippen molar-refractivity contribution >= 4 is 22.9 Å². The summed E-state index contributed by atoms with van der Waals surface area (Å²) < 4.78 is 11.0. The van der Waals surface area contributed by atoms with Crippen LogP contribution in [-0.2, 0) is 6.61 Å². The summed E-state index contributed by atoms with van der Waals surface area (Å²) in [5.41, 5.74) is 2.02. The van der Waals surface area contributed by atoms with E-state index in [1.54, 1.807) is 5.51 Å².